The van der Waals surface area contributed by atoms with Gasteiger partial charge in [0.05, 0.1) is 0 Å². The van der Waals surface area contributed by atoms with Crippen molar-refractivity contribution < 1.29 is 14.7 Å². The largest absolute Gasteiger partial charge is 0.481 e. The Bertz CT molecular complexity index is 764. The smallest absolute Gasteiger partial charge is 0.319 e. The normalized spacial score (nSPS) is 12.6. The Labute approximate surface area is 145 Å². The molecule has 2 heterocycles. The van der Waals surface area contributed by atoms with Crippen molar-refractivity contribution in [3.8, 4) is 0 Å². The van der Waals surface area contributed by atoms with Crippen molar-refractivity contribution in [1.82, 2.24) is 10.3 Å². The zero-order valence-electron chi connectivity index (χ0n) is 13.7. The molecule has 1 aromatic carbocycles. The van der Waals surface area contributed by atoms with Gasteiger partial charge in [0.15, 0.2) is 0 Å². The molecule has 2 aromatic rings. The van der Waals surface area contributed by atoms with E-state index in [2.05, 4.69) is 20.5 Å². The van der Waals surface area contributed by atoms with Crippen LogP contribution in [-0.2, 0) is 17.9 Å². The summed E-state index contributed by atoms with van der Waals surface area (Å²) in [5.41, 5.74) is 3.01. The highest BCUT2D eigenvalue weighted by Gasteiger charge is 2.23. The van der Waals surface area contributed by atoms with E-state index in [-0.39, 0.29) is 12.5 Å². The van der Waals surface area contributed by atoms with Crippen molar-refractivity contribution >= 4 is 23.5 Å². The fraction of sp³-hybridized carbons (Fsp3) is 0.278. The molecular formula is C18H20N4O3. The van der Waals surface area contributed by atoms with E-state index in [9.17, 15) is 9.59 Å². The van der Waals surface area contributed by atoms with Gasteiger partial charge < -0.3 is 20.6 Å². The molecule has 0 unspecified atom stereocenters. The first-order chi connectivity index (χ1) is 12.1. The third-order valence-electron chi connectivity index (χ3n) is 4.06. The molecule has 1 aromatic heterocycles. The lowest BCUT2D eigenvalue weighted by Gasteiger charge is -2.16. The van der Waals surface area contributed by atoms with Crippen LogP contribution in [0.15, 0.2) is 42.6 Å². The topological polar surface area (TPSA) is 94.6 Å². The van der Waals surface area contributed by atoms with Crippen LogP contribution in [-0.4, -0.2) is 28.6 Å². The lowest BCUT2D eigenvalue weighted by molar-refractivity contribution is -0.137. The first kappa shape index (κ1) is 16.8. The summed E-state index contributed by atoms with van der Waals surface area (Å²) in [4.78, 5) is 29.0. The second-order valence-electron chi connectivity index (χ2n) is 5.87. The number of pyridine rings is 1. The van der Waals surface area contributed by atoms with Crippen molar-refractivity contribution in [2.75, 3.05) is 16.8 Å². The van der Waals surface area contributed by atoms with Gasteiger partial charge in [-0.1, -0.05) is 18.2 Å². The number of carboxylic acids is 1. The standard InChI is InChI=1S/C18H20N4O3/c23-17(24)8-4-10-20-18(25)21-15-6-3-5-13-11-22(12-14(13)15)16-7-1-2-9-19-16/h1-3,5-7,9H,4,8,10-12H2,(H,23,24)(H2,20,21,25). The van der Waals surface area contributed by atoms with Gasteiger partial charge in [-0.15, -0.1) is 0 Å². The van der Waals surface area contributed by atoms with E-state index in [4.69, 9.17) is 5.11 Å². The van der Waals surface area contributed by atoms with Crippen LogP contribution in [0.3, 0.4) is 0 Å². The Morgan fingerprint density at radius 2 is 2.04 bits per heavy atom. The highest BCUT2D eigenvalue weighted by molar-refractivity contribution is 5.90. The number of aliphatic carboxylic acids is 1. The van der Waals surface area contributed by atoms with Crippen molar-refractivity contribution in [3.63, 3.8) is 0 Å². The van der Waals surface area contributed by atoms with Crippen LogP contribution >= 0.6 is 0 Å². The summed E-state index contributed by atoms with van der Waals surface area (Å²) < 4.78 is 0. The van der Waals surface area contributed by atoms with E-state index < -0.39 is 5.97 Å². The monoisotopic (exact) mass is 340 g/mol. The molecule has 130 valence electrons. The summed E-state index contributed by atoms with van der Waals surface area (Å²) in [7, 11) is 0. The molecule has 7 nitrogen and oxygen atoms in total. The van der Waals surface area contributed by atoms with Gasteiger partial charge in [-0.3, -0.25) is 4.79 Å². The lowest BCUT2D eigenvalue weighted by atomic mass is 10.1. The van der Waals surface area contributed by atoms with Gasteiger partial charge >= 0.3 is 12.0 Å². The molecule has 0 saturated heterocycles. The van der Waals surface area contributed by atoms with E-state index in [1.54, 1.807) is 6.20 Å². The van der Waals surface area contributed by atoms with E-state index in [0.29, 0.717) is 19.5 Å². The quantitative estimate of drug-likeness (QED) is 0.703. The molecule has 0 fully saturated rings. The molecular weight excluding hydrogens is 320 g/mol. The van der Waals surface area contributed by atoms with Crippen molar-refractivity contribution in [2.45, 2.75) is 25.9 Å². The SMILES string of the molecule is O=C(O)CCCNC(=O)Nc1cccc2c1CN(c1ccccn1)C2. The molecule has 0 bridgehead atoms. The van der Waals surface area contributed by atoms with Crippen molar-refractivity contribution in [3.05, 3.63) is 53.7 Å². The van der Waals surface area contributed by atoms with Gasteiger partial charge in [0, 0.05) is 43.5 Å². The Morgan fingerprint density at radius 1 is 1.16 bits per heavy atom. The number of rotatable bonds is 6. The summed E-state index contributed by atoms with van der Waals surface area (Å²) in [5, 5.41) is 14.1. The molecule has 1 aliphatic heterocycles. The number of benzene rings is 1. The maximum atomic E-state index is 12.0. The zero-order valence-corrected chi connectivity index (χ0v) is 13.7. The van der Waals surface area contributed by atoms with Crippen LogP contribution in [0.5, 0.6) is 0 Å². The lowest BCUT2D eigenvalue weighted by Crippen LogP contribution is -2.30. The van der Waals surface area contributed by atoms with Crippen molar-refractivity contribution in [1.29, 1.82) is 0 Å². The molecule has 3 N–H and O–H groups in total. The predicted molar refractivity (Wildman–Crippen MR) is 94.5 cm³/mol. The van der Waals surface area contributed by atoms with Gasteiger partial charge in [-0.25, -0.2) is 9.78 Å². The van der Waals surface area contributed by atoms with Gasteiger partial charge in [-0.05, 0) is 30.2 Å². The maximum absolute atomic E-state index is 12.0. The predicted octanol–water partition coefficient (Wildman–Crippen LogP) is 2.59. The van der Waals surface area contributed by atoms with Crippen LogP contribution in [0.4, 0.5) is 16.3 Å². The number of hydrogen-bond donors (Lipinski definition) is 3. The Hall–Kier alpha value is -3.09. The third-order valence-corrected chi connectivity index (χ3v) is 4.06. The summed E-state index contributed by atoms with van der Waals surface area (Å²) >= 11 is 0. The number of aromatic nitrogens is 1. The Balaban J connectivity index is 1.61. The molecule has 0 spiro atoms. The van der Waals surface area contributed by atoms with E-state index in [1.165, 1.54) is 0 Å². The number of hydrogen-bond acceptors (Lipinski definition) is 4. The number of carbonyl (C=O) groups excluding carboxylic acids is 1. The number of anilines is 2. The third kappa shape index (κ3) is 4.26. The average Bonchev–Trinajstić information content (AvgIpc) is 3.05. The average molecular weight is 340 g/mol. The maximum Gasteiger partial charge on any atom is 0.319 e. The van der Waals surface area contributed by atoms with Gasteiger partial charge in [0.25, 0.3) is 0 Å². The van der Waals surface area contributed by atoms with Gasteiger partial charge in [-0.2, -0.15) is 0 Å². The number of carboxylic acid groups (broad SMARTS) is 1. The fourth-order valence-electron chi connectivity index (χ4n) is 2.85. The number of fused-ring (bicyclic) bond motifs is 1. The molecule has 0 aliphatic carbocycles. The highest BCUT2D eigenvalue weighted by atomic mass is 16.4. The first-order valence-corrected chi connectivity index (χ1v) is 8.17. The molecule has 0 saturated carbocycles. The van der Waals surface area contributed by atoms with Crippen LogP contribution in [0.2, 0.25) is 0 Å². The first-order valence-electron chi connectivity index (χ1n) is 8.17. The van der Waals surface area contributed by atoms with Crippen LogP contribution in [0.1, 0.15) is 24.0 Å². The summed E-state index contributed by atoms with van der Waals surface area (Å²) in [6.45, 7) is 1.76. The summed E-state index contributed by atoms with van der Waals surface area (Å²) in [6, 6.07) is 11.3. The molecule has 2 amide bonds. The molecule has 25 heavy (non-hydrogen) atoms. The number of amides is 2. The van der Waals surface area contributed by atoms with E-state index in [1.807, 2.05) is 36.4 Å². The molecule has 1 aliphatic rings. The van der Waals surface area contributed by atoms with Crippen LogP contribution in [0.25, 0.3) is 0 Å². The summed E-state index contributed by atoms with van der Waals surface area (Å²) in [6.07, 6.45) is 2.21. The van der Waals surface area contributed by atoms with Gasteiger partial charge in [0.2, 0.25) is 0 Å². The number of carbonyl (C=O) groups is 2. The molecule has 7 heteroatoms. The van der Waals surface area contributed by atoms with E-state index in [0.717, 1.165) is 29.2 Å². The van der Waals surface area contributed by atoms with Crippen LogP contribution in [0, 0.1) is 0 Å². The number of nitrogens with zero attached hydrogens (tertiary/aromatic N) is 2. The molecule has 0 radical (unpaired) electrons. The second-order valence-corrected chi connectivity index (χ2v) is 5.87. The van der Waals surface area contributed by atoms with Crippen LogP contribution < -0.4 is 15.5 Å². The molecule has 3 rings (SSSR count). The summed E-state index contributed by atoms with van der Waals surface area (Å²) in [5.74, 6) is 0.0421. The minimum atomic E-state index is -0.863. The highest BCUT2D eigenvalue weighted by Crippen LogP contribution is 2.31. The van der Waals surface area contributed by atoms with Gasteiger partial charge in [0.1, 0.15) is 5.82 Å². The Kier molecular flexibility index (Phi) is 5.13. The number of nitrogens with one attached hydrogen (secondary N) is 2. The minimum absolute atomic E-state index is 0.0417. The fourth-order valence-corrected chi connectivity index (χ4v) is 2.85. The van der Waals surface area contributed by atoms with E-state index >= 15 is 0 Å². The minimum Gasteiger partial charge on any atom is -0.481 e. The molecule has 0 atom stereocenters. The van der Waals surface area contributed by atoms with Crippen molar-refractivity contribution in [2.24, 2.45) is 0 Å². The second kappa shape index (κ2) is 7.65. The number of urea groups is 1. The zero-order chi connectivity index (χ0) is 17.6. The Morgan fingerprint density at radius 3 is 2.80 bits per heavy atom.